The molecule has 0 aliphatic heterocycles. The first kappa shape index (κ1) is 18.8. The molecule has 0 amide bonds. The number of fused-ring (bicyclic) bond motifs is 1. The van der Waals surface area contributed by atoms with Gasteiger partial charge in [0.25, 0.3) is 0 Å². The molecule has 136 valence electrons. The lowest BCUT2D eigenvalue weighted by molar-refractivity contribution is -0.0596. The Balaban J connectivity index is 2.56. The van der Waals surface area contributed by atoms with E-state index in [1.807, 2.05) is 0 Å². The van der Waals surface area contributed by atoms with Crippen molar-refractivity contribution in [1.82, 2.24) is 0 Å². The molecule has 2 rings (SSSR count). The van der Waals surface area contributed by atoms with Crippen molar-refractivity contribution in [3.63, 3.8) is 0 Å². The molecular weight excluding hydrogens is 363 g/mol. The molecule has 0 atom stereocenters. The van der Waals surface area contributed by atoms with Crippen LogP contribution in [-0.4, -0.2) is 36.3 Å². The average molecular weight is 377 g/mol. The zero-order chi connectivity index (χ0) is 18.8. The summed E-state index contributed by atoms with van der Waals surface area (Å²) in [5, 5.41) is 22.3. The van der Waals surface area contributed by atoms with Gasteiger partial charge in [-0.1, -0.05) is 18.1 Å². The highest BCUT2D eigenvalue weighted by atomic mass is 32.2. The van der Waals surface area contributed by atoms with E-state index in [2.05, 4.69) is 9.44 Å². The largest absolute Gasteiger partial charge is 0.507 e. The van der Waals surface area contributed by atoms with Gasteiger partial charge >= 0.3 is 16.3 Å². The fraction of sp³-hybridized carbons (Fsp3) is 0.267. The minimum Gasteiger partial charge on any atom is -0.507 e. The summed E-state index contributed by atoms with van der Waals surface area (Å²) in [7, 11) is -4.23. The standard InChI is InChI=1S/C15H14F3NO5S/c1-2-7-25(22,23)24-19-14(15(16,17)18)9-3-4-10-11(8-9)13(21)6-5-12(10)20/h3-6,8,20-21H,2,7H2,1H3. The van der Waals surface area contributed by atoms with Crippen molar-refractivity contribution < 1.29 is 36.1 Å². The van der Waals surface area contributed by atoms with Gasteiger partial charge in [-0.05, 0) is 30.7 Å². The van der Waals surface area contributed by atoms with E-state index in [-0.39, 0.29) is 28.7 Å². The minimum atomic E-state index is -5.00. The molecule has 0 aliphatic carbocycles. The Labute approximate surface area is 141 Å². The second kappa shape index (κ2) is 6.79. The zero-order valence-corrected chi connectivity index (χ0v) is 13.7. The Morgan fingerprint density at radius 3 is 2.28 bits per heavy atom. The molecule has 0 fully saturated rings. The molecule has 2 aromatic rings. The van der Waals surface area contributed by atoms with Crippen molar-refractivity contribution in [3.05, 3.63) is 35.9 Å². The molecule has 25 heavy (non-hydrogen) atoms. The highest BCUT2D eigenvalue weighted by molar-refractivity contribution is 7.86. The second-order valence-corrected chi connectivity index (χ2v) is 6.81. The van der Waals surface area contributed by atoms with Crippen LogP contribution in [0.25, 0.3) is 10.8 Å². The number of phenols is 2. The fourth-order valence-corrected chi connectivity index (χ4v) is 2.88. The van der Waals surface area contributed by atoms with Gasteiger partial charge in [-0.25, -0.2) is 0 Å². The number of halogens is 3. The molecule has 0 unspecified atom stereocenters. The van der Waals surface area contributed by atoms with Gasteiger partial charge in [0.15, 0.2) is 5.71 Å². The van der Waals surface area contributed by atoms with E-state index in [0.29, 0.717) is 0 Å². The maximum absolute atomic E-state index is 13.2. The van der Waals surface area contributed by atoms with E-state index in [9.17, 15) is 31.8 Å². The van der Waals surface area contributed by atoms with Crippen molar-refractivity contribution in [2.75, 3.05) is 5.75 Å². The van der Waals surface area contributed by atoms with Crippen LogP contribution in [0, 0.1) is 0 Å². The Bertz CT molecular complexity index is 923. The summed E-state index contributed by atoms with van der Waals surface area (Å²) in [5.74, 6) is -1.06. The van der Waals surface area contributed by atoms with Crippen LogP contribution in [-0.2, 0) is 14.4 Å². The second-order valence-electron chi connectivity index (χ2n) is 5.14. The van der Waals surface area contributed by atoms with E-state index in [4.69, 9.17) is 0 Å². The Kier molecular flexibility index (Phi) is 5.12. The van der Waals surface area contributed by atoms with Gasteiger partial charge in [-0.2, -0.15) is 21.6 Å². The average Bonchev–Trinajstić information content (AvgIpc) is 2.50. The first-order valence-corrected chi connectivity index (χ1v) is 8.64. The molecule has 0 saturated carbocycles. The molecule has 2 N–H and O–H groups in total. The van der Waals surface area contributed by atoms with Gasteiger partial charge in [-0.3, -0.25) is 4.28 Å². The predicted octanol–water partition coefficient (Wildman–Crippen LogP) is 3.27. The van der Waals surface area contributed by atoms with Gasteiger partial charge in [0.05, 0.1) is 5.75 Å². The molecular formula is C15H14F3NO5S. The molecule has 0 spiro atoms. The molecule has 0 saturated heterocycles. The quantitative estimate of drug-likeness (QED) is 0.474. The lowest BCUT2D eigenvalue weighted by atomic mass is 10.0. The minimum absolute atomic E-state index is 0.0501. The lowest BCUT2D eigenvalue weighted by Gasteiger charge is -2.12. The molecule has 10 heteroatoms. The highest BCUT2D eigenvalue weighted by Gasteiger charge is 2.38. The summed E-state index contributed by atoms with van der Waals surface area (Å²) >= 11 is 0. The number of hydrogen-bond donors (Lipinski definition) is 2. The number of oxime groups is 1. The number of hydrogen-bond acceptors (Lipinski definition) is 6. The van der Waals surface area contributed by atoms with Crippen molar-refractivity contribution in [2.45, 2.75) is 19.5 Å². The summed E-state index contributed by atoms with van der Waals surface area (Å²) < 4.78 is 66.7. The monoisotopic (exact) mass is 377 g/mol. The number of aromatic hydroxyl groups is 2. The summed E-state index contributed by atoms with van der Waals surface area (Å²) in [6.45, 7) is 1.52. The molecule has 2 aromatic carbocycles. The van der Waals surface area contributed by atoms with E-state index >= 15 is 0 Å². The molecule has 6 nitrogen and oxygen atoms in total. The van der Waals surface area contributed by atoms with Crippen LogP contribution >= 0.6 is 0 Å². The highest BCUT2D eigenvalue weighted by Crippen LogP contribution is 2.34. The third-order valence-corrected chi connectivity index (χ3v) is 4.42. The molecule has 0 aliphatic rings. The van der Waals surface area contributed by atoms with E-state index < -0.39 is 33.3 Å². The van der Waals surface area contributed by atoms with Crippen LogP contribution in [0.1, 0.15) is 18.9 Å². The molecule has 0 radical (unpaired) electrons. The van der Waals surface area contributed by atoms with Crippen LogP contribution in [0.3, 0.4) is 0 Å². The van der Waals surface area contributed by atoms with Crippen molar-refractivity contribution in [3.8, 4) is 11.5 Å². The Hall–Kier alpha value is -2.49. The van der Waals surface area contributed by atoms with Gasteiger partial charge in [0, 0.05) is 16.3 Å². The van der Waals surface area contributed by atoms with E-state index in [1.54, 1.807) is 0 Å². The smallest absolute Gasteiger partial charge is 0.437 e. The number of rotatable bonds is 5. The molecule has 0 aromatic heterocycles. The number of alkyl halides is 3. The zero-order valence-electron chi connectivity index (χ0n) is 12.9. The predicted molar refractivity (Wildman–Crippen MR) is 85.0 cm³/mol. The van der Waals surface area contributed by atoms with Crippen molar-refractivity contribution in [1.29, 1.82) is 0 Å². The number of phenolic OH excluding ortho intramolecular Hbond substituents is 2. The lowest BCUT2D eigenvalue weighted by Crippen LogP contribution is -2.25. The summed E-state index contributed by atoms with van der Waals surface area (Å²) in [5.41, 5.74) is -2.09. The molecule has 0 heterocycles. The van der Waals surface area contributed by atoms with Gasteiger partial charge < -0.3 is 10.2 Å². The van der Waals surface area contributed by atoms with Gasteiger partial charge in [0.2, 0.25) is 0 Å². The normalized spacial score (nSPS) is 13.2. The van der Waals surface area contributed by atoms with Crippen LogP contribution in [0.4, 0.5) is 13.2 Å². The fourth-order valence-electron chi connectivity index (χ4n) is 2.11. The number of benzene rings is 2. The summed E-state index contributed by atoms with van der Waals surface area (Å²) in [4.78, 5) is 0. The van der Waals surface area contributed by atoms with Gasteiger partial charge in [0.1, 0.15) is 11.5 Å². The SMILES string of the molecule is CCCS(=O)(=O)ON=C(c1ccc2c(O)ccc(O)c2c1)C(F)(F)F. The number of nitrogens with zero attached hydrogens (tertiary/aromatic N) is 1. The Morgan fingerprint density at radius 1 is 1.12 bits per heavy atom. The van der Waals surface area contributed by atoms with E-state index in [0.717, 1.165) is 24.3 Å². The van der Waals surface area contributed by atoms with Crippen LogP contribution in [0.15, 0.2) is 35.5 Å². The van der Waals surface area contributed by atoms with Crippen LogP contribution in [0.5, 0.6) is 11.5 Å². The van der Waals surface area contributed by atoms with E-state index in [1.165, 1.54) is 13.0 Å². The molecule has 0 bridgehead atoms. The summed E-state index contributed by atoms with van der Waals surface area (Å²) in [6, 6.07) is 5.39. The van der Waals surface area contributed by atoms with Gasteiger partial charge in [-0.15, -0.1) is 0 Å². The Morgan fingerprint density at radius 2 is 1.72 bits per heavy atom. The third kappa shape index (κ3) is 4.32. The van der Waals surface area contributed by atoms with Crippen molar-refractivity contribution in [2.24, 2.45) is 5.16 Å². The maximum Gasteiger partial charge on any atom is 0.437 e. The first-order valence-electron chi connectivity index (χ1n) is 7.06. The third-order valence-electron chi connectivity index (χ3n) is 3.21. The summed E-state index contributed by atoms with van der Waals surface area (Å²) in [6.07, 6.45) is -4.84. The van der Waals surface area contributed by atoms with Crippen LogP contribution < -0.4 is 0 Å². The maximum atomic E-state index is 13.2. The topological polar surface area (TPSA) is 96.2 Å². The first-order chi connectivity index (χ1) is 11.5. The van der Waals surface area contributed by atoms with Crippen LogP contribution in [0.2, 0.25) is 0 Å². The van der Waals surface area contributed by atoms with Crippen molar-refractivity contribution >= 4 is 26.6 Å².